The average Bonchev–Trinajstić information content (AvgIpc) is 2.51. The van der Waals surface area contributed by atoms with E-state index in [0.717, 1.165) is 19.4 Å². The van der Waals surface area contributed by atoms with Crippen LogP contribution in [0.15, 0.2) is 0 Å². The van der Waals surface area contributed by atoms with Gasteiger partial charge in [0.05, 0.1) is 5.92 Å². The van der Waals surface area contributed by atoms with Gasteiger partial charge in [-0.25, -0.2) is 4.79 Å². The molecule has 1 aliphatic rings. The van der Waals surface area contributed by atoms with Crippen LogP contribution in [0.25, 0.3) is 0 Å². The van der Waals surface area contributed by atoms with E-state index in [2.05, 4.69) is 33.0 Å². The zero-order valence-electron chi connectivity index (χ0n) is 15.8. The van der Waals surface area contributed by atoms with E-state index in [-0.39, 0.29) is 35.7 Å². The monoisotopic (exact) mass is 362 g/mol. The zero-order chi connectivity index (χ0) is 17.6. The van der Waals surface area contributed by atoms with Gasteiger partial charge >= 0.3 is 6.03 Å². The Morgan fingerprint density at radius 3 is 2.54 bits per heavy atom. The third-order valence-electron chi connectivity index (χ3n) is 4.31. The summed E-state index contributed by atoms with van der Waals surface area (Å²) >= 11 is 0. The third-order valence-corrected chi connectivity index (χ3v) is 4.31. The first-order valence-electron chi connectivity index (χ1n) is 8.64. The largest absolute Gasteiger partial charge is 0.345 e. The van der Waals surface area contributed by atoms with Crippen LogP contribution in [-0.2, 0) is 4.79 Å². The molecule has 0 spiro atoms. The summed E-state index contributed by atoms with van der Waals surface area (Å²) in [5.41, 5.74) is 5.66. The van der Waals surface area contributed by atoms with Crippen LogP contribution in [0, 0.1) is 17.3 Å². The van der Waals surface area contributed by atoms with E-state index >= 15 is 0 Å². The lowest BCUT2D eigenvalue weighted by Crippen LogP contribution is -2.50. The van der Waals surface area contributed by atoms with Crippen molar-refractivity contribution in [2.24, 2.45) is 23.0 Å². The Bertz CT molecular complexity index is 415. The summed E-state index contributed by atoms with van der Waals surface area (Å²) in [4.78, 5) is 28.4. The van der Waals surface area contributed by atoms with Crippen LogP contribution in [0.3, 0.4) is 0 Å². The van der Waals surface area contributed by atoms with Crippen molar-refractivity contribution >= 4 is 24.3 Å². The summed E-state index contributed by atoms with van der Waals surface area (Å²) < 4.78 is 0. The molecule has 7 heteroatoms. The van der Waals surface area contributed by atoms with E-state index in [1.807, 2.05) is 7.05 Å². The fourth-order valence-electron chi connectivity index (χ4n) is 2.86. The molecule has 1 atom stereocenters. The lowest BCUT2D eigenvalue weighted by Gasteiger charge is -2.36. The molecule has 3 N–H and O–H groups in total. The second-order valence-electron chi connectivity index (χ2n) is 7.93. The molecule has 0 aromatic heterocycles. The number of piperidine rings is 1. The molecular weight excluding hydrogens is 328 g/mol. The van der Waals surface area contributed by atoms with Crippen molar-refractivity contribution < 1.29 is 9.59 Å². The van der Waals surface area contributed by atoms with Gasteiger partial charge in [-0.05, 0) is 30.7 Å². The molecule has 0 aromatic carbocycles. The number of carbonyl (C=O) groups is 2. The summed E-state index contributed by atoms with van der Waals surface area (Å²) in [7, 11) is 1.83. The molecule has 3 amide bonds. The number of hydrogen-bond acceptors (Lipinski definition) is 3. The lowest BCUT2D eigenvalue weighted by molar-refractivity contribution is -0.136. The average molecular weight is 363 g/mol. The van der Waals surface area contributed by atoms with Gasteiger partial charge in [-0.15, -0.1) is 12.4 Å². The molecule has 24 heavy (non-hydrogen) atoms. The van der Waals surface area contributed by atoms with E-state index in [1.54, 1.807) is 9.80 Å². The Morgan fingerprint density at radius 2 is 2.00 bits per heavy atom. The molecular formula is C17H35ClN4O2. The van der Waals surface area contributed by atoms with Gasteiger partial charge in [-0.2, -0.15) is 0 Å². The number of likely N-dealkylation sites (tertiary alicyclic amines) is 1. The minimum absolute atomic E-state index is 0. The molecule has 6 nitrogen and oxygen atoms in total. The van der Waals surface area contributed by atoms with Gasteiger partial charge < -0.3 is 20.9 Å². The Kier molecular flexibility index (Phi) is 9.66. The first-order valence-corrected chi connectivity index (χ1v) is 8.64. The Hall–Kier alpha value is -1.01. The Morgan fingerprint density at radius 1 is 1.38 bits per heavy atom. The SMILES string of the molecule is CC(C)CNC(=O)N1CCCC(C(=O)N(C)CC(C)(C)CN)C1.Cl. The van der Waals surface area contributed by atoms with Gasteiger partial charge in [0.15, 0.2) is 0 Å². The van der Waals surface area contributed by atoms with Crippen molar-refractivity contribution in [2.45, 2.75) is 40.5 Å². The molecule has 1 rings (SSSR count). The van der Waals surface area contributed by atoms with Crippen LogP contribution in [0.2, 0.25) is 0 Å². The topological polar surface area (TPSA) is 78.7 Å². The number of rotatable bonds is 6. The smallest absolute Gasteiger partial charge is 0.317 e. The van der Waals surface area contributed by atoms with Crippen LogP contribution in [-0.4, -0.2) is 61.5 Å². The standard InChI is InChI=1S/C17H34N4O2.ClH/c1-13(2)9-19-16(23)21-8-6-7-14(10-21)15(22)20(5)12-17(3,4)11-18;/h13-14H,6-12,18H2,1-5H3,(H,19,23);1H. The maximum atomic E-state index is 12.7. The number of halogens is 1. The molecule has 1 unspecified atom stereocenters. The fourth-order valence-corrected chi connectivity index (χ4v) is 2.86. The predicted octanol–water partition coefficient (Wildman–Crippen LogP) is 1.93. The molecule has 0 saturated carbocycles. The van der Waals surface area contributed by atoms with E-state index in [4.69, 9.17) is 5.73 Å². The Labute approximate surface area is 152 Å². The minimum Gasteiger partial charge on any atom is -0.345 e. The fraction of sp³-hybridized carbons (Fsp3) is 0.882. The van der Waals surface area contributed by atoms with Crippen LogP contribution in [0.1, 0.15) is 40.5 Å². The molecule has 0 aliphatic carbocycles. The van der Waals surface area contributed by atoms with Gasteiger partial charge in [0.2, 0.25) is 5.91 Å². The Balaban J connectivity index is 0.00000529. The molecule has 142 valence electrons. The molecule has 1 fully saturated rings. The number of urea groups is 1. The van der Waals surface area contributed by atoms with Crippen LogP contribution in [0.4, 0.5) is 4.79 Å². The molecule has 1 heterocycles. The van der Waals surface area contributed by atoms with E-state index < -0.39 is 0 Å². The van der Waals surface area contributed by atoms with Crippen molar-refractivity contribution in [3.63, 3.8) is 0 Å². The van der Waals surface area contributed by atoms with Gasteiger partial charge in [0, 0.05) is 33.2 Å². The van der Waals surface area contributed by atoms with Gasteiger partial charge in [0.1, 0.15) is 0 Å². The molecule has 1 saturated heterocycles. The second-order valence-corrected chi connectivity index (χ2v) is 7.93. The summed E-state index contributed by atoms with van der Waals surface area (Å²) in [6, 6.07) is -0.0545. The first-order chi connectivity index (χ1) is 10.7. The summed E-state index contributed by atoms with van der Waals surface area (Å²) in [6.45, 7) is 11.3. The van der Waals surface area contributed by atoms with Gasteiger partial charge in [-0.3, -0.25) is 4.79 Å². The van der Waals surface area contributed by atoms with Crippen LogP contribution in [0.5, 0.6) is 0 Å². The third kappa shape index (κ3) is 7.26. The molecule has 0 radical (unpaired) electrons. The van der Waals surface area contributed by atoms with Gasteiger partial charge in [0.25, 0.3) is 0 Å². The predicted molar refractivity (Wildman–Crippen MR) is 100 cm³/mol. The van der Waals surface area contributed by atoms with E-state index in [0.29, 0.717) is 32.1 Å². The van der Waals surface area contributed by atoms with Crippen molar-refractivity contribution in [2.75, 3.05) is 39.8 Å². The van der Waals surface area contributed by atoms with Gasteiger partial charge in [-0.1, -0.05) is 27.7 Å². The van der Waals surface area contributed by atoms with Crippen molar-refractivity contribution in [3.8, 4) is 0 Å². The molecule has 0 bridgehead atoms. The maximum absolute atomic E-state index is 12.7. The van der Waals surface area contributed by atoms with Crippen LogP contribution < -0.4 is 11.1 Å². The van der Waals surface area contributed by atoms with E-state index in [1.165, 1.54) is 0 Å². The number of hydrogen-bond donors (Lipinski definition) is 2. The molecule has 0 aromatic rings. The number of amides is 3. The van der Waals surface area contributed by atoms with Crippen molar-refractivity contribution in [1.82, 2.24) is 15.1 Å². The minimum atomic E-state index is -0.105. The normalized spacial score (nSPS) is 18.1. The van der Waals surface area contributed by atoms with Crippen molar-refractivity contribution in [3.05, 3.63) is 0 Å². The second kappa shape index (κ2) is 10.1. The maximum Gasteiger partial charge on any atom is 0.317 e. The summed E-state index contributed by atoms with van der Waals surface area (Å²) in [5.74, 6) is 0.436. The number of nitrogens with one attached hydrogen (secondary N) is 1. The number of nitrogens with zero attached hydrogens (tertiary/aromatic N) is 2. The highest BCUT2D eigenvalue weighted by atomic mass is 35.5. The molecule has 1 aliphatic heterocycles. The van der Waals surface area contributed by atoms with E-state index in [9.17, 15) is 9.59 Å². The zero-order valence-corrected chi connectivity index (χ0v) is 16.6. The highest BCUT2D eigenvalue weighted by molar-refractivity contribution is 5.85. The highest BCUT2D eigenvalue weighted by Crippen LogP contribution is 2.21. The van der Waals surface area contributed by atoms with Crippen LogP contribution >= 0.6 is 12.4 Å². The lowest BCUT2D eigenvalue weighted by atomic mass is 9.91. The number of nitrogens with two attached hydrogens (primary N) is 1. The number of carbonyl (C=O) groups excluding carboxylic acids is 2. The first kappa shape index (κ1) is 23.0. The summed E-state index contributed by atoms with van der Waals surface area (Å²) in [6.07, 6.45) is 1.72. The quantitative estimate of drug-likeness (QED) is 0.757. The van der Waals surface area contributed by atoms with Crippen molar-refractivity contribution in [1.29, 1.82) is 0 Å². The highest BCUT2D eigenvalue weighted by Gasteiger charge is 2.31. The summed E-state index contributed by atoms with van der Waals surface area (Å²) in [5, 5.41) is 2.93.